The van der Waals surface area contributed by atoms with E-state index in [0.717, 1.165) is 56.4 Å². The van der Waals surface area contributed by atoms with Crippen molar-refractivity contribution in [1.82, 2.24) is 14.9 Å². The third kappa shape index (κ3) is 13.5. The Kier molecular flexibility index (Phi) is 16.9. The number of nitrogens with zero attached hydrogens (tertiary/aromatic N) is 5. The molecule has 52 heavy (non-hydrogen) atoms. The number of hydrogen-bond donors (Lipinski definition) is 4. The molecule has 4 rings (SSSR count). The zero-order valence-corrected chi connectivity index (χ0v) is 32.1. The first-order chi connectivity index (χ1) is 25.1. The SMILES string of the molecule is C[C@@H](CN=CN)Oc1cc(-c2cnc(N/C(C=NC3CCC(N(C)C4CCCCOC4)CC3)=C(/N)OCCCOC(C)(C)CCO)nc2)ccc1Cl. The van der Waals surface area contributed by atoms with Crippen molar-refractivity contribution in [2.45, 2.75) is 108 Å². The van der Waals surface area contributed by atoms with E-state index in [9.17, 15) is 5.11 Å². The Morgan fingerprint density at radius 3 is 2.63 bits per heavy atom. The van der Waals surface area contributed by atoms with Gasteiger partial charge in [-0.15, -0.1) is 0 Å². The highest BCUT2D eigenvalue weighted by molar-refractivity contribution is 6.32. The van der Waals surface area contributed by atoms with Crippen LogP contribution in [0.15, 0.2) is 52.2 Å². The molecule has 2 atom stereocenters. The average molecular weight is 743 g/mol. The summed E-state index contributed by atoms with van der Waals surface area (Å²) in [7, 11) is 2.25. The summed E-state index contributed by atoms with van der Waals surface area (Å²) in [5, 5.41) is 13.0. The molecule has 1 aromatic carbocycles. The summed E-state index contributed by atoms with van der Waals surface area (Å²) in [5.74, 6) is 1.08. The van der Waals surface area contributed by atoms with Crippen LogP contribution in [0.5, 0.6) is 5.75 Å². The minimum atomic E-state index is -0.408. The molecule has 2 fully saturated rings. The summed E-state index contributed by atoms with van der Waals surface area (Å²) in [6.45, 7) is 8.82. The van der Waals surface area contributed by atoms with Crippen LogP contribution >= 0.6 is 11.6 Å². The zero-order chi connectivity index (χ0) is 37.3. The quantitative estimate of drug-likeness (QED) is 0.0614. The number of likely N-dealkylation sites (N-methyl/N-ethyl adjacent to an activating group) is 1. The van der Waals surface area contributed by atoms with Crippen LogP contribution in [0.2, 0.25) is 5.02 Å². The molecular formula is C38H59ClN8O5. The molecule has 1 aliphatic heterocycles. The van der Waals surface area contributed by atoms with Crippen molar-refractivity contribution in [2.24, 2.45) is 21.5 Å². The Hall–Kier alpha value is -3.49. The summed E-state index contributed by atoms with van der Waals surface area (Å²) >= 11 is 6.41. The second kappa shape index (κ2) is 21.3. The van der Waals surface area contributed by atoms with Gasteiger partial charge in [-0.25, -0.2) is 9.97 Å². The number of allylic oxidation sites excluding steroid dienone is 1. The third-order valence-electron chi connectivity index (χ3n) is 9.60. The fraction of sp³-hybridized carbons (Fsp3) is 0.632. The molecule has 1 unspecified atom stereocenters. The molecule has 14 heteroatoms. The van der Waals surface area contributed by atoms with Crippen molar-refractivity contribution in [1.29, 1.82) is 0 Å². The molecule has 0 bridgehead atoms. The van der Waals surface area contributed by atoms with Crippen molar-refractivity contribution in [3.63, 3.8) is 0 Å². The van der Waals surface area contributed by atoms with Crippen LogP contribution in [0.25, 0.3) is 11.1 Å². The number of nitrogens with two attached hydrogens (primary N) is 2. The number of anilines is 1. The van der Waals surface area contributed by atoms with Crippen LogP contribution in [-0.4, -0.2) is 109 Å². The Morgan fingerprint density at radius 2 is 1.90 bits per heavy atom. The molecule has 1 saturated heterocycles. The van der Waals surface area contributed by atoms with Gasteiger partial charge in [0.25, 0.3) is 0 Å². The standard InChI is InChI=1S/C38H59ClN8O5/c1-27(21-42-26-40)52-35-20-28(9-14-33(35)39)29-22-44-37(45-23-29)46-34(36(41)50-18-7-19-51-38(2,3)15-16-48)24-43-30-10-12-31(13-11-30)47(4)32-8-5-6-17-49-25-32/h9,14,20,22-24,26-27,30-32,48H,5-8,10-13,15-19,21,25,41H2,1-4H3,(H2,40,42)(H,44,45,46)/b36-34-,43-24?/t27-,30?,31?,32?/m0/s1. The van der Waals surface area contributed by atoms with Gasteiger partial charge in [0.1, 0.15) is 17.6 Å². The molecule has 0 radical (unpaired) electrons. The fourth-order valence-corrected chi connectivity index (χ4v) is 6.53. The van der Waals surface area contributed by atoms with E-state index in [4.69, 9.17) is 47.0 Å². The normalized spacial score (nSPS) is 21.2. The maximum Gasteiger partial charge on any atom is 0.227 e. The topological polar surface area (TPSA) is 175 Å². The zero-order valence-electron chi connectivity index (χ0n) is 31.3. The van der Waals surface area contributed by atoms with Crippen LogP contribution in [0.3, 0.4) is 0 Å². The number of aromatic nitrogens is 2. The molecule has 2 aromatic rings. The van der Waals surface area contributed by atoms with E-state index in [2.05, 4.69) is 32.2 Å². The van der Waals surface area contributed by atoms with Crippen molar-refractivity contribution >= 4 is 30.1 Å². The number of aliphatic hydroxyl groups excluding tert-OH is 1. The largest absolute Gasteiger partial charge is 0.487 e. The van der Waals surface area contributed by atoms with Gasteiger partial charge >= 0.3 is 0 Å². The monoisotopic (exact) mass is 742 g/mol. The molecule has 2 heterocycles. The molecule has 1 saturated carbocycles. The first kappa shape index (κ1) is 41.3. The van der Waals surface area contributed by atoms with Crippen LogP contribution in [0.1, 0.15) is 78.6 Å². The van der Waals surface area contributed by atoms with Crippen molar-refractivity contribution in [2.75, 3.05) is 51.9 Å². The van der Waals surface area contributed by atoms with E-state index in [1.165, 1.54) is 19.2 Å². The Bertz CT molecular complexity index is 1440. The van der Waals surface area contributed by atoms with E-state index in [1.54, 1.807) is 24.7 Å². The number of hydrogen-bond acceptors (Lipinski definition) is 12. The summed E-state index contributed by atoms with van der Waals surface area (Å²) in [5.41, 5.74) is 13.6. The van der Waals surface area contributed by atoms with Crippen molar-refractivity contribution in [3.05, 3.63) is 47.2 Å². The molecule has 0 amide bonds. The lowest BCUT2D eigenvalue weighted by Crippen LogP contribution is -2.44. The smallest absolute Gasteiger partial charge is 0.227 e. The van der Waals surface area contributed by atoms with Gasteiger partial charge in [0.05, 0.1) is 55.6 Å². The van der Waals surface area contributed by atoms with Gasteiger partial charge in [0, 0.05) is 49.7 Å². The summed E-state index contributed by atoms with van der Waals surface area (Å²) < 4.78 is 23.7. The minimum absolute atomic E-state index is 0.0738. The number of ether oxygens (including phenoxy) is 4. The van der Waals surface area contributed by atoms with Gasteiger partial charge in [0.2, 0.25) is 11.8 Å². The molecule has 0 spiro atoms. The first-order valence-electron chi connectivity index (χ1n) is 18.5. The lowest BCUT2D eigenvalue weighted by Gasteiger charge is -2.38. The van der Waals surface area contributed by atoms with Crippen molar-refractivity contribution in [3.8, 4) is 16.9 Å². The Balaban J connectivity index is 1.42. The van der Waals surface area contributed by atoms with E-state index < -0.39 is 5.60 Å². The van der Waals surface area contributed by atoms with Crippen LogP contribution in [0, 0.1) is 0 Å². The maximum atomic E-state index is 9.27. The Labute approximate surface area is 314 Å². The Morgan fingerprint density at radius 1 is 1.13 bits per heavy atom. The molecule has 2 aliphatic rings. The summed E-state index contributed by atoms with van der Waals surface area (Å²) in [6.07, 6.45) is 15.2. The summed E-state index contributed by atoms with van der Waals surface area (Å²) in [6, 6.07) is 6.72. The maximum absolute atomic E-state index is 9.27. The minimum Gasteiger partial charge on any atom is -0.487 e. The van der Waals surface area contributed by atoms with Crippen LogP contribution in [0.4, 0.5) is 5.95 Å². The highest BCUT2D eigenvalue weighted by Crippen LogP contribution is 2.31. The highest BCUT2D eigenvalue weighted by Gasteiger charge is 2.28. The number of rotatable bonds is 19. The fourth-order valence-electron chi connectivity index (χ4n) is 6.37. The number of halogens is 1. The van der Waals surface area contributed by atoms with E-state index in [0.29, 0.717) is 67.1 Å². The number of benzene rings is 1. The lowest BCUT2D eigenvalue weighted by atomic mass is 9.89. The van der Waals surface area contributed by atoms with E-state index >= 15 is 0 Å². The average Bonchev–Trinajstić information content (AvgIpc) is 3.43. The second-order valence-electron chi connectivity index (χ2n) is 14.2. The highest BCUT2D eigenvalue weighted by atomic mass is 35.5. The van der Waals surface area contributed by atoms with Gasteiger partial charge in [-0.2, -0.15) is 0 Å². The molecular weight excluding hydrogens is 684 g/mol. The van der Waals surface area contributed by atoms with Gasteiger partial charge in [-0.1, -0.05) is 17.7 Å². The molecule has 1 aromatic heterocycles. The predicted octanol–water partition coefficient (Wildman–Crippen LogP) is 5.56. The van der Waals surface area contributed by atoms with Crippen LogP contribution in [-0.2, 0) is 14.2 Å². The molecule has 6 N–H and O–H groups in total. The van der Waals surface area contributed by atoms with E-state index in [-0.39, 0.29) is 24.6 Å². The second-order valence-corrected chi connectivity index (χ2v) is 14.6. The third-order valence-corrected chi connectivity index (χ3v) is 9.91. The van der Waals surface area contributed by atoms with Gasteiger partial charge in [-0.05, 0) is 96.9 Å². The molecule has 288 valence electrons. The summed E-state index contributed by atoms with van der Waals surface area (Å²) in [4.78, 5) is 20.7. The van der Waals surface area contributed by atoms with Gasteiger partial charge in [-0.3, -0.25) is 14.9 Å². The molecule has 13 nitrogen and oxygen atoms in total. The number of nitrogens with one attached hydrogen (secondary N) is 1. The van der Waals surface area contributed by atoms with Gasteiger partial charge < -0.3 is 40.8 Å². The lowest BCUT2D eigenvalue weighted by molar-refractivity contribution is -0.0380. The van der Waals surface area contributed by atoms with Crippen LogP contribution < -0.4 is 21.5 Å². The number of aliphatic hydroxyl groups is 1. The molecule has 1 aliphatic carbocycles. The predicted molar refractivity (Wildman–Crippen MR) is 208 cm³/mol. The first-order valence-corrected chi connectivity index (χ1v) is 18.9. The van der Waals surface area contributed by atoms with Gasteiger partial charge in [0.15, 0.2) is 0 Å². The number of aliphatic imine (C=N–C) groups is 2. The van der Waals surface area contributed by atoms with E-state index in [1.807, 2.05) is 32.9 Å². The van der Waals surface area contributed by atoms with Crippen molar-refractivity contribution < 1.29 is 24.1 Å².